The Morgan fingerprint density at radius 3 is 0.400 bits per heavy atom. The summed E-state index contributed by atoms with van der Waals surface area (Å²) >= 11 is 0. The number of rotatable bonds is 0. The van der Waals surface area contributed by atoms with Gasteiger partial charge in [-0.15, -0.1) is 0 Å². The second-order valence-corrected chi connectivity index (χ2v) is 0. The van der Waals surface area contributed by atoms with Gasteiger partial charge in [-0.25, -0.2) is 0 Å². The molecular formula is C2H11F3. The van der Waals surface area contributed by atoms with E-state index in [1.807, 2.05) is 0 Å². The predicted molar refractivity (Wildman–Crippen MR) is 21.0 cm³/mol. The Morgan fingerprint density at radius 2 is 0.400 bits per heavy atom. The molecule has 0 unspecified atom stereocenters. The van der Waals surface area contributed by atoms with Gasteiger partial charge < -0.3 is 0 Å². The summed E-state index contributed by atoms with van der Waals surface area (Å²) in [5, 5.41) is 0. The lowest BCUT2D eigenvalue weighted by molar-refractivity contribution is 1.11. The van der Waals surface area contributed by atoms with Gasteiger partial charge in [-0.05, 0) is 0 Å². The zero-order valence-corrected chi connectivity index (χ0v) is 1.22. The molecule has 0 saturated carbocycles. The van der Waals surface area contributed by atoms with Gasteiger partial charge in [0.15, 0.2) is 0 Å². The first-order valence-corrected chi connectivity index (χ1v) is 0. The molecule has 0 aromatic heterocycles. The van der Waals surface area contributed by atoms with E-state index < -0.39 is 0 Å². The molecule has 0 heterocycles. The summed E-state index contributed by atoms with van der Waals surface area (Å²) < 4.78 is 0. The van der Waals surface area contributed by atoms with Crippen molar-refractivity contribution in [2.45, 2.75) is 14.9 Å². The third-order valence-electron chi connectivity index (χ3n) is 0. The fraction of sp³-hybridized carbons (Fsp3) is 1.00. The number of hydrogen-bond acceptors (Lipinski definition) is 0. The van der Waals surface area contributed by atoms with Crippen molar-refractivity contribution in [3.63, 3.8) is 0 Å². The van der Waals surface area contributed by atoms with Crippen molar-refractivity contribution in [1.29, 1.82) is 0 Å². The summed E-state index contributed by atoms with van der Waals surface area (Å²) in [6.45, 7) is 0. The maximum absolute atomic E-state index is 0. The van der Waals surface area contributed by atoms with Gasteiger partial charge >= 0.3 is 0 Å². The van der Waals surface area contributed by atoms with Crippen LogP contribution in [0.3, 0.4) is 0 Å². The zero-order valence-electron chi connectivity index (χ0n) is 1.22. The van der Waals surface area contributed by atoms with Crippen LogP contribution in [-0.2, 0) is 0 Å². The number of hydrogen-bond donors (Lipinski definition) is 0. The minimum Gasteiger partial charge on any atom is -0.269 e. The topological polar surface area (TPSA) is 0 Å². The molecule has 0 spiro atoms. The lowest BCUT2D eigenvalue weighted by Crippen LogP contribution is 0.143. The minimum absolute atomic E-state index is 0. The Balaban J connectivity index is 0. The molecule has 0 N–H and O–H groups in total. The molecule has 0 nitrogen and oxygen atoms in total. The maximum atomic E-state index is 0. The van der Waals surface area contributed by atoms with Crippen molar-refractivity contribution in [2.75, 3.05) is 0 Å². The third kappa shape index (κ3) is 275. The summed E-state index contributed by atoms with van der Waals surface area (Å²) in [5.74, 6) is 0. The average molecular weight is 92.1 g/mol. The molecule has 0 bridgehead atoms. The Labute approximate surface area is 30.3 Å². The first-order chi connectivity index (χ1) is 0. The van der Waals surface area contributed by atoms with Crippen LogP contribution in [0.4, 0.5) is 14.1 Å². The van der Waals surface area contributed by atoms with E-state index in [1.165, 1.54) is 0 Å². The van der Waals surface area contributed by atoms with Crippen LogP contribution in [0, 0.1) is 0 Å². The monoisotopic (exact) mass is 92.1 g/mol. The molecule has 0 aromatic rings. The quantitative estimate of drug-likeness (QED) is 0.427. The van der Waals surface area contributed by atoms with Gasteiger partial charge in [0.1, 0.15) is 0 Å². The molecule has 0 aliphatic rings. The standard InChI is InChI=1S/2CH4.3FH/h2*1H4;3*1H. The van der Waals surface area contributed by atoms with Crippen molar-refractivity contribution in [1.82, 2.24) is 0 Å². The highest BCUT2D eigenvalue weighted by Gasteiger charge is -0.0765. The number of halogens is 3. The summed E-state index contributed by atoms with van der Waals surface area (Å²) in [7, 11) is 0. The van der Waals surface area contributed by atoms with Gasteiger partial charge in [-0.3, -0.25) is 14.1 Å². The van der Waals surface area contributed by atoms with Gasteiger partial charge in [0.2, 0.25) is 0 Å². The van der Waals surface area contributed by atoms with Crippen molar-refractivity contribution in [3.05, 3.63) is 0 Å². The first kappa shape index (κ1) is 1560. The maximum Gasteiger partial charge on any atom is -0.0776 e. The Morgan fingerprint density at radius 1 is 0.400 bits per heavy atom. The molecule has 0 radical (unpaired) electrons. The van der Waals surface area contributed by atoms with Crippen LogP contribution >= 0.6 is 0 Å². The molecule has 3 heteroatoms. The molecule has 0 aliphatic carbocycles. The highest BCUT2D eigenvalue weighted by atomic mass is 19.0. The SMILES string of the molecule is C.C.F.F.F. The average Bonchev–Trinajstić information content (AvgIpc) is 0. The van der Waals surface area contributed by atoms with Gasteiger partial charge in [0.05, 0.1) is 0 Å². The highest BCUT2D eigenvalue weighted by molar-refractivity contribution is 2.50. The van der Waals surface area contributed by atoms with Crippen LogP contribution in [-0.4, -0.2) is 0 Å². The Kier molecular flexibility index (Phi) is 209000. The van der Waals surface area contributed by atoms with E-state index in [-0.39, 0.29) is 29.0 Å². The fourth-order valence-corrected chi connectivity index (χ4v) is 0. The lowest BCUT2D eigenvalue weighted by atomic mass is 12.0. The van der Waals surface area contributed by atoms with E-state index in [0.717, 1.165) is 0 Å². The van der Waals surface area contributed by atoms with Crippen LogP contribution in [0.1, 0.15) is 14.9 Å². The van der Waals surface area contributed by atoms with Crippen LogP contribution < -0.4 is 0 Å². The second-order valence-electron chi connectivity index (χ2n) is 0. The van der Waals surface area contributed by atoms with Crippen LogP contribution in [0.2, 0.25) is 0 Å². The fourth-order valence-electron chi connectivity index (χ4n) is 0. The first-order valence-electron chi connectivity index (χ1n) is 0. The lowest BCUT2D eigenvalue weighted by Gasteiger charge is -0.270. The molecule has 0 rings (SSSR count). The van der Waals surface area contributed by atoms with Gasteiger partial charge in [-0.1, -0.05) is 14.9 Å². The van der Waals surface area contributed by atoms with Crippen molar-refractivity contribution >= 4 is 0 Å². The van der Waals surface area contributed by atoms with Crippen LogP contribution in [0.25, 0.3) is 0 Å². The molecule has 0 amide bonds. The molecule has 40 valence electrons. The van der Waals surface area contributed by atoms with Crippen LogP contribution in [0.15, 0.2) is 0 Å². The van der Waals surface area contributed by atoms with Crippen molar-refractivity contribution in [2.24, 2.45) is 0 Å². The summed E-state index contributed by atoms with van der Waals surface area (Å²) in [4.78, 5) is 0. The molecule has 0 aromatic carbocycles. The third-order valence-corrected chi connectivity index (χ3v) is 0. The summed E-state index contributed by atoms with van der Waals surface area (Å²) in [6.07, 6.45) is 0. The minimum atomic E-state index is 0. The van der Waals surface area contributed by atoms with Gasteiger partial charge in [0, 0.05) is 0 Å². The van der Waals surface area contributed by atoms with Crippen molar-refractivity contribution < 1.29 is 14.1 Å². The van der Waals surface area contributed by atoms with E-state index >= 15 is 0 Å². The van der Waals surface area contributed by atoms with E-state index in [9.17, 15) is 0 Å². The molecular weight excluding hydrogens is 81.0 g/mol. The highest BCUT2D eigenvalue weighted by Crippen LogP contribution is 0.422. The summed E-state index contributed by atoms with van der Waals surface area (Å²) in [6, 6.07) is 0. The smallest absolute Gasteiger partial charge is 0.0776 e. The van der Waals surface area contributed by atoms with Crippen LogP contribution in [0.5, 0.6) is 0 Å². The molecule has 0 saturated heterocycles. The van der Waals surface area contributed by atoms with Crippen molar-refractivity contribution in [3.8, 4) is 0 Å². The molecule has 0 fully saturated rings. The predicted octanol–water partition coefficient (Wildman–Crippen LogP) is 1.73. The van der Waals surface area contributed by atoms with E-state index in [0.29, 0.717) is 0 Å². The van der Waals surface area contributed by atoms with Gasteiger partial charge in [0.25, 0.3) is 0 Å². The molecule has 0 aliphatic heterocycles. The summed E-state index contributed by atoms with van der Waals surface area (Å²) in [5.41, 5.74) is 0. The molecule has 5 heavy (non-hydrogen) atoms. The Bertz CT molecular complexity index is 4.85. The second kappa shape index (κ2) is 669. The molecule has 0 atom stereocenters. The Hall–Kier alpha value is -0.210. The largest absolute Gasteiger partial charge is 0.269 e. The van der Waals surface area contributed by atoms with E-state index in [2.05, 4.69) is 0 Å². The van der Waals surface area contributed by atoms with E-state index in [1.54, 1.807) is 0 Å². The van der Waals surface area contributed by atoms with Gasteiger partial charge in [-0.2, -0.15) is 0 Å². The normalized spacial score (nSPS) is 0. The zero-order chi connectivity index (χ0) is 0. The van der Waals surface area contributed by atoms with E-state index in [4.69, 9.17) is 0 Å².